The van der Waals surface area contributed by atoms with Gasteiger partial charge >= 0.3 is 0 Å². The molecular formula is C9H22N2. The molecule has 0 spiro atoms. The Hall–Kier alpha value is -0.0800. The monoisotopic (exact) mass is 158 g/mol. The van der Waals surface area contributed by atoms with E-state index >= 15 is 0 Å². The topological polar surface area (TPSA) is 38.0 Å². The fourth-order valence-corrected chi connectivity index (χ4v) is 1.35. The van der Waals surface area contributed by atoms with Crippen LogP contribution in [0.25, 0.3) is 0 Å². The fraction of sp³-hybridized carbons (Fsp3) is 1.00. The molecule has 0 heterocycles. The molecule has 0 aromatic carbocycles. The van der Waals surface area contributed by atoms with Crippen LogP contribution in [0.1, 0.15) is 33.6 Å². The predicted octanol–water partition coefficient (Wildman–Crippen LogP) is 1.36. The van der Waals surface area contributed by atoms with Crippen LogP contribution in [0.15, 0.2) is 0 Å². The molecule has 2 atom stereocenters. The second-order valence-electron chi connectivity index (χ2n) is 3.83. The second-order valence-corrected chi connectivity index (χ2v) is 3.83. The molecule has 0 aliphatic carbocycles. The van der Waals surface area contributed by atoms with E-state index < -0.39 is 0 Å². The first-order chi connectivity index (χ1) is 5.06. The molecule has 11 heavy (non-hydrogen) atoms. The van der Waals surface area contributed by atoms with Gasteiger partial charge in [-0.15, -0.1) is 0 Å². The SMILES string of the molecule is CNC(CC(C)C)CC(C)N. The summed E-state index contributed by atoms with van der Waals surface area (Å²) in [6.45, 7) is 6.54. The minimum Gasteiger partial charge on any atom is -0.328 e. The van der Waals surface area contributed by atoms with Crippen molar-refractivity contribution in [3.63, 3.8) is 0 Å². The third-order valence-electron chi connectivity index (χ3n) is 1.82. The highest BCUT2D eigenvalue weighted by atomic mass is 14.9. The average molecular weight is 158 g/mol. The van der Waals surface area contributed by atoms with Crippen LogP contribution in [0.3, 0.4) is 0 Å². The van der Waals surface area contributed by atoms with Crippen LogP contribution in [0.5, 0.6) is 0 Å². The summed E-state index contributed by atoms with van der Waals surface area (Å²) in [6, 6.07) is 0.904. The summed E-state index contributed by atoms with van der Waals surface area (Å²) in [5, 5.41) is 3.28. The zero-order valence-corrected chi connectivity index (χ0v) is 8.22. The van der Waals surface area contributed by atoms with Gasteiger partial charge in [-0.25, -0.2) is 0 Å². The molecule has 0 aromatic rings. The van der Waals surface area contributed by atoms with Crippen molar-refractivity contribution in [1.29, 1.82) is 0 Å². The maximum Gasteiger partial charge on any atom is 0.00811 e. The Labute approximate surface area is 70.5 Å². The number of nitrogens with one attached hydrogen (secondary N) is 1. The molecule has 0 saturated heterocycles. The largest absolute Gasteiger partial charge is 0.328 e. The van der Waals surface area contributed by atoms with Crippen LogP contribution in [0, 0.1) is 5.92 Å². The van der Waals surface area contributed by atoms with Gasteiger partial charge in [0.15, 0.2) is 0 Å². The van der Waals surface area contributed by atoms with E-state index in [9.17, 15) is 0 Å². The van der Waals surface area contributed by atoms with Crippen molar-refractivity contribution < 1.29 is 0 Å². The van der Waals surface area contributed by atoms with Gasteiger partial charge in [-0.3, -0.25) is 0 Å². The Bertz CT molecular complexity index is 79.6. The van der Waals surface area contributed by atoms with Crippen LogP contribution < -0.4 is 11.1 Å². The van der Waals surface area contributed by atoms with Crippen molar-refractivity contribution in [1.82, 2.24) is 5.32 Å². The molecule has 68 valence electrons. The summed E-state index contributed by atoms with van der Waals surface area (Å²) < 4.78 is 0. The predicted molar refractivity (Wildman–Crippen MR) is 50.6 cm³/mol. The van der Waals surface area contributed by atoms with E-state index in [0.29, 0.717) is 12.1 Å². The van der Waals surface area contributed by atoms with Crippen molar-refractivity contribution in [3.8, 4) is 0 Å². The fourth-order valence-electron chi connectivity index (χ4n) is 1.35. The van der Waals surface area contributed by atoms with E-state index in [2.05, 4.69) is 26.1 Å². The molecule has 2 unspecified atom stereocenters. The van der Waals surface area contributed by atoms with Gasteiger partial charge in [0.1, 0.15) is 0 Å². The summed E-state index contributed by atoms with van der Waals surface area (Å²) in [7, 11) is 2.01. The second kappa shape index (κ2) is 5.56. The number of nitrogens with two attached hydrogens (primary N) is 1. The lowest BCUT2D eigenvalue weighted by Gasteiger charge is -2.19. The molecule has 0 aromatic heterocycles. The highest BCUT2D eigenvalue weighted by Crippen LogP contribution is 2.08. The van der Waals surface area contributed by atoms with Gasteiger partial charge < -0.3 is 11.1 Å². The smallest absolute Gasteiger partial charge is 0.00811 e. The number of rotatable bonds is 5. The molecule has 0 aliphatic heterocycles. The summed E-state index contributed by atoms with van der Waals surface area (Å²) in [6.07, 6.45) is 2.30. The minimum absolute atomic E-state index is 0.311. The van der Waals surface area contributed by atoms with E-state index in [1.807, 2.05) is 7.05 Å². The lowest BCUT2D eigenvalue weighted by molar-refractivity contribution is 0.401. The van der Waals surface area contributed by atoms with E-state index in [1.165, 1.54) is 6.42 Å². The first-order valence-corrected chi connectivity index (χ1v) is 4.49. The summed E-state index contributed by atoms with van der Waals surface area (Å²) in [5.74, 6) is 0.756. The van der Waals surface area contributed by atoms with E-state index in [1.54, 1.807) is 0 Å². The quantitative estimate of drug-likeness (QED) is 0.634. The molecule has 0 radical (unpaired) electrons. The zero-order chi connectivity index (χ0) is 8.85. The third kappa shape index (κ3) is 6.32. The van der Waals surface area contributed by atoms with Crippen molar-refractivity contribution >= 4 is 0 Å². The van der Waals surface area contributed by atoms with Crippen molar-refractivity contribution in [2.45, 2.75) is 45.7 Å². The maximum atomic E-state index is 5.70. The Balaban J connectivity index is 3.58. The van der Waals surface area contributed by atoms with Crippen LogP contribution in [0.2, 0.25) is 0 Å². The Kier molecular flexibility index (Phi) is 5.51. The maximum absolute atomic E-state index is 5.70. The van der Waals surface area contributed by atoms with Gasteiger partial charge in [0.05, 0.1) is 0 Å². The van der Waals surface area contributed by atoms with E-state index in [-0.39, 0.29) is 0 Å². The molecule has 2 heteroatoms. The number of hydrogen-bond donors (Lipinski definition) is 2. The molecule has 0 amide bonds. The Morgan fingerprint density at radius 3 is 2.00 bits per heavy atom. The van der Waals surface area contributed by atoms with Crippen molar-refractivity contribution in [2.24, 2.45) is 11.7 Å². The lowest BCUT2D eigenvalue weighted by Crippen LogP contribution is -2.33. The molecule has 3 N–H and O–H groups in total. The normalized spacial score (nSPS) is 16.9. The van der Waals surface area contributed by atoms with Crippen LogP contribution in [0.4, 0.5) is 0 Å². The highest BCUT2D eigenvalue weighted by Gasteiger charge is 2.09. The van der Waals surface area contributed by atoms with E-state index in [4.69, 9.17) is 5.73 Å². The van der Waals surface area contributed by atoms with E-state index in [0.717, 1.165) is 12.3 Å². The third-order valence-corrected chi connectivity index (χ3v) is 1.82. The molecule has 0 rings (SSSR count). The van der Waals surface area contributed by atoms with Gasteiger partial charge in [-0.2, -0.15) is 0 Å². The molecule has 0 fully saturated rings. The Morgan fingerprint density at radius 1 is 1.18 bits per heavy atom. The van der Waals surface area contributed by atoms with Gasteiger partial charge in [-0.1, -0.05) is 13.8 Å². The lowest BCUT2D eigenvalue weighted by atomic mass is 9.99. The van der Waals surface area contributed by atoms with Gasteiger partial charge in [0.2, 0.25) is 0 Å². The van der Waals surface area contributed by atoms with Gasteiger partial charge in [0.25, 0.3) is 0 Å². The standard InChI is InChI=1S/C9H22N2/c1-7(2)5-9(11-4)6-8(3)10/h7-9,11H,5-6,10H2,1-4H3. The summed E-state index contributed by atoms with van der Waals surface area (Å²) in [4.78, 5) is 0. The highest BCUT2D eigenvalue weighted by molar-refractivity contribution is 4.70. The average Bonchev–Trinajstić information content (AvgIpc) is 1.84. The van der Waals surface area contributed by atoms with Crippen LogP contribution in [-0.4, -0.2) is 19.1 Å². The first kappa shape index (κ1) is 10.9. The van der Waals surface area contributed by atoms with Crippen LogP contribution in [-0.2, 0) is 0 Å². The van der Waals surface area contributed by atoms with Crippen molar-refractivity contribution in [2.75, 3.05) is 7.05 Å². The first-order valence-electron chi connectivity index (χ1n) is 4.49. The van der Waals surface area contributed by atoms with Gasteiger partial charge in [-0.05, 0) is 32.7 Å². The molecule has 0 saturated carbocycles. The summed E-state index contributed by atoms with van der Waals surface area (Å²) in [5.41, 5.74) is 5.70. The Morgan fingerprint density at radius 2 is 1.73 bits per heavy atom. The van der Waals surface area contributed by atoms with Crippen molar-refractivity contribution in [3.05, 3.63) is 0 Å². The zero-order valence-electron chi connectivity index (χ0n) is 8.22. The molecular weight excluding hydrogens is 136 g/mol. The molecule has 0 aliphatic rings. The molecule has 0 bridgehead atoms. The number of hydrogen-bond acceptors (Lipinski definition) is 2. The van der Waals surface area contributed by atoms with Gasteiger partial charge in [0, 0.05) is 12.1 Å². The minimum atomic E-state index is 0.311. The molecule has 2 nitrogen and oxygen atoms in total. The summed E-state index contributed by atoms with van der Waals surface area (Å²) >= 11 is 0. The van der Waals surface area contributed by atoms with Crippen LogP contribution >= 0.6 is 0 Å².